The summed E-state index contributed by atoms with van der Waals surface area (Å²) < 4.78 is 1.15. The molecule has 0 saturated carbocycles. The average molecular weight is 248 g/mol. The normalized spacial score (nSPS) is 10.1. The standard InChI is InChI=1S/C12H10BrN/c1-9-8-11(2-3-12(9)13)10-4-6-14-7-5-10/h2-8H,1H3. The van der Waals surface area contributed by atoms with Gasteiger partial charge in [-0.05, 0) is 41.8 Å². The Morgan fingerprint density at radius 1 is 1.00 bits per heavy atom. The molecule has 2 aromatic rings. The van der Waals surface area contributed by atoms with E-state index in [0.717, 1.165) is 4.47 Å². The van der Waals surface area contributed by atoms with Crippen LogP contribution in [-0.4, -0.2) is 4.98 Å². The Balaban J connectivity index is 2.48. The topological polar surface area (TPSA) is 12.9 Å². The number of nitrogens with zero attached hydrogens (tertiary/aromatic N) is 1. The molecule has 0 fully saturated rings. The van der Waals surface area contributed by atoms with E-state index in [-0.39, 0.29) is 0 Å². The van der Waals surface area contributed by atoms with Crippen molar-refractivity contribution in [3.8, 4) is 11.1 Å². The zero-order valence-electron chi connectivity index (χ0n) is 7.87. The van der Waals surface area contributed by atoms with Gasteiger partial charge < -0.3 is 0 Å². The highest BCUT2D eigenvalue weighted by atomic mass is 79.9. The number of aromatic nitrogens is 1. The van der Waals surface area contributed by atoms with Gasteiger partial charge in [-0.1, -0.05) is 28.1 Å². The summed E-state index contributed by atoms with van der Waals surface area (Å²) >= 11 is 3.49. The zero-order valence-corrected chi connectivity index (χ0v) is 9.45. The van der Waals surface area contributed by atoms with Gasteiger partial charge in [-0.3, -0.25) is 4.98 Å². The molecule has 0 aliphatic rings. The fourth-order valence-electron chi connectivity index (χ4n) is 1.37. The maximum atomic E-state index is 4.00. The minimum Gasteiger partial charge on any atom is -0.265 e. The van der Waals surface area contributed by atoms with E-state index < -0.39 is 0 Å². The highest BCUT2D eigenvalue weighted by Crippen LogP contribution is 2.24. The van der Waals surface area contributed by atoms with Crippen LogP contribution in [-0.2, 0) is 0 Å². The molecule has 0 unspecified atom stereocenters. The second-order valence-corrected chi connectivity index (χ2v) is 4.05. The minimum atomic E-state index is 1.15. The number of aryl methyl sites for hydroxylation is 1. The second-order valence-electron chi connectivity index (χ2n) is 3.20. The highest BCUT2D eigenvalue weighted by Gasteiger charge is 1.99. The van der Waals surface area contributed by atoms with E-state index in [1.54, 1.807) is 0 Å². The van der Waals surface area contributed by atoms with Crippen LogP contribution >= 0.6 is 15.9 Å². The number of benzene rings is 1. The van der Waals surface area contributed by atoms with Crippen LogP contribution in [0.2, 0.25) is 0 Å². The van der Waals surface area contributed by atoms with Crippen LogP contribution in [0.1, 0.15) is 5.56 Å². The van der Waals surface area contributed by atoms with Crippen molar-refractivity contribution < 1.29 is 0 Å². The Labute approximate surface area is 91.9 Å². The van der Waals surface area contributed by atoms with E-state index in [4.69, 9.17) is 0 Å². The van der Waals surface area contributed by atoms with E-state index >= 15 is 0 Å². The number of hydrogen-bond acceptors (Lipinski definition) is 1. The molecule has 0 aliphatic carbocycles. The third kappa shape index (κ3) is 1.85. The number of hydrogen-bond donors (Lipinski definition) is 0. The molecule has 0 radical (unpaired) electrons. The maximum Gasteiger partial charge on any atom is 0.0273 e. The molecule has 2 heteroatoms. The summed E-state index contributed by atoms with van der Waals surface area (Å²) in [6, 6.07) is 10.4. The third-order valence-corrected chi connectivity index (χ3v) is 3.06. The lowest BCUT2D eigenvalue weighted by atomic mass is 10.1. The number of pyridine rings is 1. The predicted molar refractivity (Wildman–Crippen MR) is 62.1 cm³/mol. The quantitative estimate of drug-likeness (QED) is 0.747. The van der Waals surface area contributed by atoms with Gasteiger partial charge in [0.2, 0.25) is 0 Å². The van der Waals surface area contributed by atoms with Crippen molar-refractivity contribution in [1.29, 1.82) is 0 Å². The molecule has 0 aliphatic heterocycles. The number of halogens is 1. The molecular formula is C12H10BrN. The molecule has 0 N–H and O–H groups in total. The van der Waals surface area contributed by atoms with Crippen molar-refractivity contribution in [2.75, 3.05) is 0 Å². The van der Waals surface area contributed by atoms with Gasteiger partial charge in [-0.2, -0.15) is 0 Å². The first-order valence-corrected chi connectivity index (χ1v) is 5.23. The van der Waals surface area contributed by atoms with E-state index in [0.29, 0.717) is 0 Å². The van der Waals surface area contributed by atoms with E-state index in [2.05, 4.69) is 46.0 Å². The van der Waals surface area contributed by atoms with Crippen LogP contribution in [0.5, 0.6) is 0 Å². The van der Waals surface area contributed by atoms with E-state index in [1.807, 2.05) is 24.5 Å². The van der Waals surface area contributed by atoms with Crippen molar-refractivity contribution in [2.45, 2.75) is 6.92 Å². The first-order chi connectivity index (χ1) is 6.77. The maximum absolute atomic E-state index is 4.00. The molecule has 0 spiro atoms. The molecular weight excluding hydrogens is 238 g/mol. The average Bonchev–Trinajstić information content (AvgIpc) is 2.23. The van der Waals surface area contributed by atoms with Gasteiger partial charge >= 0.3 is 0 Å². The Kier molecular flexibility index (Phi) is 2.64. The van der Waals surface area contributed by atoms with Crippen molar-refractivity contribution in [3.05, 3.63) is 52.8 Å². The van der Waals surface area contributed by atoms with Crippen LogP contribution < -0.4 is 0 Å². The molecule has 0 amide bonds. The van der Waals surface area contributed by atoms with E-state index in [1.165, 1.54) is 16.7 Å². The monoisotopic (exact) mass is 247 g/mol. The molecule has 0 saturated heterocycles. The molecule has 1 aromatic heterocycles. The molecule has 1 nitrogen and oxygen atoms in total. The Morgan fingerprint density at radius 3 is 2.36 bits per heavy atom. The van der Waals surface area contributed by atoms with Gasteiger partial charge in [0.15, 0.2) is 0 Å². The summed E-state index contributed by atoms with van der Waals surface area (Å²) in [6.45, 7) is 2.09. The predicted octanol–water partition coefficient (Wildman–Crippen LogP) is 3.82. The second kappa shape index (κ2) is 3.93. The van der Waals surface area contributed by atoms with Gasteiger partial charge in [0.05, 0.1) is 0 Å². The van der Waals surface area contributed by atoms with Crippen LogP contribution in [0.25, 0.3) is 11.1 Å². The lowest BCUT2D eigenvalue weighted by Gasteiger charge is -2.03. The Morgan fingerprint density at radius 2 is 1.71 bits per heavy atom. The van der Waals surface area contributed by atoms with Crippen molar-refractivity contribution >= 4 is 15.9 Å². The molecule has 2 rings (SSSR count). The Bertz CT molecular complexity index is 437. The summed E-state index contributed by atoms with van der Waals surface area (Å²) in [4.78, 5) is 4.00. The SMILES string of the molecule is Cc1cc(-c2ccncc2)ccc1Br. The molecule has 1 aromatic carbocycles. The zero-order chi connectivity index (χ0) is 9.97. The van der Waals surface area contributed by atoms with Gasteiger partial charge in [-0.25, -0.2) is 0 Å². The van der Waals surface area contributed by atoms with Crippen LogP contribution in [0.15, 0.2) is 47.2 Å². The molecule has 0 bridgehead atoms. The first-order valence-electron chi connectivity index (χ1n) is 4.44. The van der Waals surface area contributed by atoms with Crippen LogP contribution in [0.3, 0.4) is 0 Å². The van der Waals surface area contributed by atoms with Gasteiger partial charge in [0.1, 0.15) is 0 Å². The number of rotatable bonds is 1. The fraction of sp³-hybridized carbons (Fsp3) is 0.0833. The largest absolute Gasteiger partial charge is 0.265 e. The molecule has 0 atom stereocenters. The smallest absolute Gasteiger partial charge is 0.0273 e. The van der Waals surface area contributed by atoms with Gasteiger partial charge in [0.25, 0.3) is 0 Å². The summed E-state index contributed by atoms with van der Waals surface area (Å²) in [5, 5.41) is 0. The van der Waals surface area contributed by atoms with Gasteiger partial charge in [0, 0.05) is 16.9 Å². The summed E-state index contributed by atoms with van der Waals surface area (Å²) in [5.74, 6) is 0. The third-order valence-electron chi connectivity index (χ3n) is 2.17. The fourth-order valence-corrected chi connectivity index (χ4v) is 1.62. The summed E-state index contributed by atoms with van der Waals surface area (Å²) in [5.41, 5.74) is 3.68. The van der Waals surface area contributed by atoms with Gasteiger partial charge in [-0.15, -0.1) is 0 Å². The summed E-state index contributed by atoms with van der Waals surface area (Å²) in [6.07, 6.45) is 3.62. The minimum absolute atomic E-state index is 1.15. The molecule has 70 valence electrons. The lowest BCUT2D eigenvalue weighted by Crippen LogP contribution is -1.81. The first kappa shape index (κ1) is 9.41. The lowest BCUT2D eigenvalue weighted by molar-refractivity contribution is 1.33. The molecule has 1 heterocycles. The van der Waals surface area contributed by atoms with Crippen LogP contribution in [0, 0.1) is 6.92 Å². The van der Waals surface area contributed by atoms with Crippen molar-refractivity contribution in [2.24, 2.45) is 0 Å². The van der Waals surface area contributed by atoms with Crippen molar-refractivity contribution in [3.63, 3.8) is 0 Å². The van der Waals surface area contributed by atoms with E-state index in [9.17, 15) is 0 Å². The van der Waals surface area contributed by atoms with Crippen molar-refractivity contribution in [1.82, 2.24) is 4.98 Å². The highest BCUT2D eigenvalue weighted by molar-refractivity contribution is 9.10. The molecule has 14 heavy (non-hydrogen) atoms. The van der Waals surface area contributed by atoms with Crippen LogP contribution in [0.4, 0.5) is 0 Å². The Hall–Kier alpha value is -1.15. The summed E-state index contributed by atoms with van der Waals surface area (Å²) in [7, 11) is 0.